The Morgan fingerprint density at radius 1 is 1.23 bits per heavy atom. The number of piperidine rings is 3. The Morgan fingerprint density at radius 3 is 2.91 bits per heavy atom. The van der Waals surface area contributed by atoms with Crippen LogP contribution in [-0.4, -0.2) is 46.8 Å². The van der Waals surface area contributed by atoms with Crippen LogP contribution in [0.25, 0.3) is 0 Å². The van der Waals surface area contributed by atoms with Gasteiger partial charge in [-0.15, -0.1) is 10.2 Å². The maximum Gasteiger partial charge on any atom is 0.210 e. The summed E-state index contributed by atoms with van der Waals surface area (Å²) >= 11 is 1.54. The molecule has 3 aliphatic heterocycles. The number of aromatic nitrogens is 2. The lowest BCUT2D eigenvalue weighted by Gasteiger charge is -2.55. The van der Waals surface area contributed by atoms with E-state index in [1.165, 1.54) is 56.4 Å². The normalized spacial score (nSPS) is 35.4. The number of nitrogens with zero attached hydrogens (tertiary/aromatic N) is 4. The minimum absolute atomic E-state index is 0.591. The third kappa shape index (κ3) is 2.60. The second kappa shape index (κ2) is 5.96. The van der Waals surface area contributed by atoms with Gasteiger partial charge in [-0.05, 0) is 37.5 Å². The maximum atomic E-state index is 5.77. The van der Waals surface area contributed by atoms with Crippen LogP contribution in [0.3, 0.4) is 0 Å². The molecule has 122 valence electrons. The van der Waals surface area contributed by atoms with Crippen molar-refractivity contribution in [1.29, 1.82) is 0 Å². The van der Waals surface area contributed by atoms with E-state index in [1.807, 2.05) is 0 Å². The fourth-order valence-electron chi connectivity index (χ4n) is 5.07. The number of nitrogen functional groups attached to an aromatic ring is 1. The Bertz CT molecular complexity index is 516. The monoisotopic (exact) mass is 321 g/mol. The summed E-state index contributed by atoms with van der Waals surface area (Å²) in [5.41, 5.74) is 5.77. The summed E-state index contributed by atoms with van der Waals surface area (Å²) in [4.78, 5) is 5.34. The largest absolute Gasteiger partial charge is 0.374 e. The fraction of sp³-hybridized carbons (Fsp3) is 0.875. The van der Waals surface area contributed by atoms with Crippen LogP contribution in [0.2, 0.25) is 0 Å². The highest BCUT2D eigenvalue weighted by atomic mass is 32.1. The molecule has 0 unspecified atom stereocenters. The molecule has 4 atom stereocenters. The minimum atomic E-state index is 0.591. The first kappa shape index (κ1) is 14.7. The Balaban J connectivity index is 1.51. The van der Waals surface area contributed by atoms with Crippen LogP contribution in [0.1, 0.15) is 45.4 Å². The first-order chi connectivity index (χ1) is 10.7. The van der Waals surface area contributed by atoms with Gasteiger partial charge in [0.25, 0.3) is 0 Å². The molecule has 5 nitrogen and oxygen atoms in total. The van der Waals surface area contributed by atoms with Gasteiger partial charge in [-0.1, -0.05) is 31.1 Å². The van der Waals surface area contributed by atoms with Gasteiger partial charge in [0, 0.05) is 31.7 Å². The van der Waals surface area contributed by atoms with Crippen molar-refractivity contribution >= 4 is 21.6 Å². The number of hydrogen-bond donors (Lipinski definition) is 1. The molecule has 0 aromatic carbocycles. The van der Waals surface area contributed by atoms with Gasteiger partial charge in [-0.3, -0.25) is 4.90 Å². The lowest BCUT2D eigenvalue weighted by atomic mass is 9.74. The van der Waals surface area contributed by atoms with Crippen LogP contribution in [0.15, 0.2) is 0 Å². The highest BCUT2D eigenvalue weighted by Gasteiger charge is 2.44. The summed E-state index contributed by atoms with van der Waals surface area (Å²) in [7, 11) is 0. The van der Waals surface area contributed by atoms with E-state index in [0.29, 0.717) is 5.13 Å². The number of rotatable bonds is 3. The Labute approximate surface area is 136 Å². The molecule has 3 saturated heterocycles. The van der Waals surface area contributed by atoms with E-state index in [2.05, 4.69) is 26.9 Å². The molecule has 1 aromatic heterocycles. The van der Waals surface area contributed by atoms with Gasteiger partial charge in [0.2, 0.25) is 10.3 Å². The van der Waals surface area contributed by atoms with Crippen molar-refractivity contribution in [2.75, 3.05) is 30.3 Å². The summed E-state index contributed by atoms with van der Waals surface area (Å²) < 4.78 is 0. The van der Waals surface area contributed by atoms with Crippen LogP contribution in [0.5, 0.6) is 0 Å². The summed E-state index contributed by atoms with van der Waals surface area (Å²) in [6.45, 7) is 5.89. The summed E-state index contributed by atoms with van der Waals surface area (Å²) in [6.07, 6.45) is 8.33. The molecular weight excluding hydrogens is 294 g/mol. The van der Waals surface area contributed by atoms with Crippen LogP contribution in [0, 0.1) is 11.8 Å². The van der Waals surface area contributed by atoms with E-state index in [1.54, 1.807) is 0 Å². The zero-order valence-corrected chi connectivity index (χ0v) is 14.3. The molecule has 6 heteroatoms. The molecule has 2 N–H and O–H groups in total. The predicted octanol–water partition coefficient (Wildman–Crippen LogP) is 2.60. The van der Waals surface area contributed by atoms with Gasteiger partial charge < -0.3 is 10.6 Å². The lowest BCUT2D eigenvalue weighted by molar-refractivity contribution is -0.0215. The van der Waals surface area contributed by atoms with Crippen molar-refractivity contribution in [1.82, 2.24) is 15.1 Å². The van der Waals surface area contributed by atoms with Gasteiger partial charge >= 0.3 is 0 Å². The maximum absolute atomic E-state index is 5.77. The highest BCUT2D eigenvalue weighted by molar-refractivity contribution is 7.18. The van der Waals surface area contributed by atoms with E-state index in [4.69, 9.17) is 5.73 Å². The molecule has 3 fully saturated rings. The van der Waals surface area contributed by atoms with Gasteiger partial charge in [0.15, 0.2) is 0 Å². The van der Waals surface area contributed by atoms with Gasteiger partial charge in [0.1, 0.15) is 0 Å². The van der Waals surface area contributed by atoms with Crippen LogP contribution in [-0.2, 0) is 0 Å². The van der Waals surface area contributed by atoms with Crippen molar-refractivity contribution in [3.63, 3.8) is 0 Å². The fourth-order valence-corrected chi connectivity index (χ4v) is 5.69. The van der Waals surface area contributed by atoms with E-state index in [9.17, 15) is 0 Å². The van der Waals surface area contributed by atoms with E-state index < -0.39 is 0 Å². The Morgan fingerprint density at radius 2 is 2.14 bits per heavy atom. The molecular formula is C16H27N5S. The van der Waals surface area contributed by atoms with E-state index >= 15 is 0 Å². The Kier molecular flexibility index (Phi) is 3.98. The minimum Gasteiger partial charge on any atom is -0.374 e. The van der Waals surface area contributed by atoms with Crippen molar-refractivity contribution < 1.29 is 0 Å². The zero-order chi connectivity index (χ0) is 15.1. The van der Waals surface area contributed by atoms with Crippen LogP contribution < -0.4 is 10.6 Å². The van der Waals surface area contributed by atoms with Gasteiger partial charge in [0.05, 0.1) is 0 Å². The SMILES string of the molecule is CCC[C@H]1CCC[C@H]2[C@@H]3C[C@@H](CN(c4nnc(N)s4)C3)CN12. The second-order valence-corrected chi connectivity index (χ2v) is 8.31. The zero-order valence-electron chi connectivity index (χ0n) is 13.4. The molecule has 1 aromatic rings. The van der Waals surface area contributed by atoms with Crippen molar-refractivity contribution in [3.8, 4) is 0 Å². The highest BCUT2D eigenvalue weighted by Crippen LogP contribution is 2.41. The van der Waals surface area contributed by atoms with Crippen LogP contribution >= 0.6 is 11.3 Å². The number of fused-ring (bicyclic) bond motifs is 4. The topological polar surface area (TPSA) is 58.3 Å². The van der Waals surface area contributed by atoms with E-state index in [0.717, 1.165) is 42.1 Å². The summed E-state index contributed by atoms with van der Waals surface area (Å²) in [5, 5.41) is 9.89. The number of hydrogen-bond acceptors (Lipinski definition) is 6. The molecule has 4 heterocycles. The van der Waals surface area contributed by atoms with E-state index in [-0.39, 0.29) is 0 Å². The molecule has 0 amide bonds. The first-order valence-electron chi connectivity index (χ1n) is 8.84. The molecule has 3 aliphatic rings. The first-order valence-corrected chi connectivity index (χ1v) is 9.66. The van der Waals surface area contributed by atoms with Crippen molar-refractivity contribution in [2.24, 2.45) is 11.8 Å². The molecule has 0 radical (unpaired) electrons. The van der Waals surface area contributed by atoms with Crippen molar-refractivity contribution in [3.05, 3.63) is 0 Å². The quantitative estimate of drug-likeness (QED) is 0.927. The average Bonchev–Trinajstić information content (AvgIpc) is 2.95. The number of anilines is 2. The van der Waals surface area contributed by atoms with Gasteiger partial charge in [-0.2, -0.15) is 0 Å². The summed E-state index contributed by atoms with van der Waals surface area (Å²) in [6, 6.07) is 1.65. The smallest absolute Gasteiger partial charge is 0.210 e. The Hall–Kier alpha value is -0.880. The summed E-state index contributed by atoms with van der Waals surface area (Å²) in [5.74, 6) is 1.59. The standard InChI is InChI=1S/C16H27N5S/c1-2-4-13-5-3-6-14-12-7-11(9-21(13)14)8-20(10-12)16-19-18-15(17)22-16/h11-14H,2-10H2,1H3,(H2,17,18)/t11-,12+,13-,14-/m0/s1. The molecule has 0 saturated carbocycles. The third-order valence-electron chi connectivity index (χ3n) is 5.84. The predicted molar refractivity (Wildman–Crippen MR) is 91.2 cm³/mol. The molecule has 0 aliphatic carbocycles. The third-order valence-corrected chi connectivity index (χ3v) is 6.65. The molecule has 0 spiro atoms. The lowest BCUT2D eigenvalue weighted by Crippen LogP contribution is -2.61. The number of nitrogens with two attached hydrogens (primary N) is 1. The van der Waals surface area contributed by atoms with Gasteiger partial charge in [-0.25, -0.2) is 0 Å². The second-order valence-electron chi connectivity index (χ2n) is 7.33. The molecule has 22 heavy (non-hydrogen) atoms. The molecule has 2 bridgehead atoms. The van der Waals surface area contributed by atoms with Crippen molar-refractivity contribution in [2.45, 2.75) is 57.5 Å². The van der Waals surface area contributed by atoms with Crippen LogP contribution in [0.4, 0.5) is 10.3 Å². The molecule has 4 rings (SSSR count). The average molecular weight is 321 g/mol.